The zero-order chi connectivity index (χ0) is 14.5. The monoisotopic (exact) mass is 290 g/mol. The van der Waals surface area contributed by atoms with Crippen molar-refractivity contribution >= 4 is 15.9 Å². The van der Waals surface area contributed by atoms with Gasteiger partial charge in [0.05, 0.1) is 12.8 Å². The summed E-state index contributed by atoms with van der Waals surface area (Å²) < 4.78 is 25.1. The molecular formula is C13H26N2O3S. The van der Waals surface area contributed by atoms with Crippen molar-refractivity contribution in [3.8, 4) is 0 Å². The Labute approximate surface area is 116 Å². The van der Waals surface area contributed by atoms with Crippen LogP contribution in [0.15, 0.2) is 0 Å². The van der Waals surface area contributed by atoms with Crippen LogP contribution in [0.5, 0.6) is 0 Å². The molecule has 1 aliphatic rings. The molecule has 0 heterocycles. The Morgan fingerprint density at radius 2 is 1.89 bits per heavy atom. The molecule has 0 radical (unpaired) electrons. The molecule has 5 nitrogen and oxygen atoms in total. The average Bonchev–Trinajstić information content (AvgIpc) is 2.35. The summed E-state index contributed by atoms with van der Waals surface area (Å²) >= 11 is 0. The highest BCUT2D eigenvalue weighted by Gasteiger charge is 2.29. The summed E-state index contributed by atoms with van der Waals surface area (Å²) in [6.07, 6.45) is 7.01. The fourth-order valence-corrected chi connectivity index (χ4v) is 3.55. The minimum Gasteiger partial charge on any atom is -0.353 e. The van der Waals surface area contributed by atoms with Crippen LogP contribution in [0.2, 0.25) is 0 Å². The van der Waals surface area contributed by atoms with Crippen LogP contribution in [0.25, 0.3) is 0 Å². The zero-order valence-corrected chi connectivity index (χ0v) is 13.0. The van der Waals surface area contributed by atoms with Gasteiger partial charge in [-0.05, 0) is 26.2 Å². The van der Waals surface area contributed by atoms with E-state index in [1.54, 1.807) is 0 Å². The van der Waals surface area contributed by atoms with Gasteiger partial charge in [0.2, 0.25) is 15.9 Å². The Kier molecular flexibility index (Phi) is 6.26. The second kappa shape index (κ2) is 7.24. The third-order valence-corrected chi connectivity index (χ3v) is 5.01. The quantitative estimate of drug-likeness (QED) is 0.806. The van der Waals surface area contributed by atoms with E-state index in [0.29, 0.717) is 0 Å². The highest BCUT2D eigenvalue weighted by Crippen LogP contribution is 2.24. The van der Waals surface area contributed by atoms with E-state index in [0.717, 1.165) is 38.5 Å². The second-order valence-electron chi connectivity index (χ2n) is 5.48. The second-order valence-corrected chi connectivity index (χ2v) is 7.41. The van der Waals surface area contributed by atoms with E-state index in [2.05, 4.69) is 5.32 Å². The molecule has 1 saturated carbocycles. The molecule has 0 saturated heterocycles. The Hall–Kier alpha value is -0.620. The summed E-state index contributed by atoms with van der Waals surface area (Å²) in [5.41, 5.74) is 0. The normalized spacial score (nSPS) is 19.4. The van der Waals surface area contributed by atoms with Crippen molar-refractivity contribution < 1.29 is 13.2 Å². The molecule has 0 aromatic heterocycles. The van der Waals surface area contributed by atoms with E-state index in [1.165, 1.54) is 10.6 Å². The smallest absolute Gasteiger partial charge is 0.235 e. The third-order valence-electron chi connectivity index (χ3n) is 3.73. The number of nitrogens with one attached hydrogen (secondary N) is 1. The van der Waals surface area contributed by atoms with Crippen molar-refractivity contribution in [2.75, 3.05) is 12.8 Å². The van der Waals surface area contributed by atoms with E-state index in [4.69, 9.17) is 0 Å². The largest absolute Gasteiger partial charge is 0.353 e. The predicted molar refractivity (Wildman–Crippen MR) is 76.3 cm³/mol. The highest BCUT2D eigenvalue weighted by atomic mass is 32.2. The number of sulfonamides is 1. The lowest BCUT2D eigenvalue weighted by Gasteiger charge is -2.32. The lowest BCUT2D eigenvalue weighted by Crippen LogP contribution is -2.48. The van der Waals surface area contributed by atoms with E-state index >= 15 is 0 Å². The van der Waals surface area contributed by atoms with Crippen molar-refractivity contribution in [2.24, 2.45) is 0 Å². The Balaban J connectivity index is 2.67. The Bertz CT molecular complexity index is 389. The van der Waals surface area contributed by atoms with E-state index in [9.17, 15) is 13.2 Å². The molecule has 1 aliphatic carbocycles. The van der Waals surface area contributed by atoms with Gasteiger partial charge in [0, 0.05) is 12.1 Å². The van der Waals surface area contributed by atoms with E-state index in [-0.39, 0.29) is 24.5 Å². The van der Waals surface area contributed by atoms with Gasteiger partial charge < -0.3 is 5.32 Å². The number of amides is 1. The summed E-state index contributed by atoms with van der Waals surface area (Å²) in [7, 11) is -3.33. The molecule has 1 fully saturated rings. The Morgan fingerprint density at radius 3 is 2.37 bits per heavy atom. The first-order chi connectivity index (χ1) is 8.84. The molecule has 1 N–H and O–H groups in total. The first kappa shape index (κ1) is 16.4. The van der Waals surface area contributed by atoms with Gasteiger partial charge in [0.25, 0.3) is 0 Å². The van der Waals surface area contributed by atoms with Crippen molar-refractivity contribution in [1.82, 2.24) is 9.62 Å². The standard InChI is InChI=1S/C13H26N2O3S/c1-4-11(2)14-13(16)10-15(19(3,17)18)12-8-6-5-7-9-12/h11-12H,4-10H2,1-3H3,(H,14,16)/t11-/m0/s1. The zero-order valence-electron chi connectivity index (χ0n) is 12.2. The summed E-state index contributed by atoms with van der Waals surface area (Å²) in [6.45, 7) is 3.86. The molecular weight excluding hydrogens is 264 g/mol. The van der Waals surface area contributed by atoms with Gasteiger partial charge in [-0.25, -0.2) is 8.42 Å². The molecule has 0 spiro atoms. The fraction of sp³-hybridized carbons (Fsp3) is 0.923. The maximum absolute atomic E-state index is 11.9. The number of carbonyl (C=O) groups excluding carboxylic acids is 1. The van der Waals surface area contributed by atoms with Crippen LogP contribution >= 0.6 is 0 Å². The Morgan fingerprint density at radius 1 is 1.32 bits per heavy atom. The van der Waals surface area contributed by atoms with Crippen molar-refractivity contribution in [2.45, 2.75) is 64.5 Å². The molecule has 0 aliphatic heterocycles. The van der Waals surface area contributed by atoms with Crippen LogP contribution in [0.3, 0.4) is 0 Å². The number of hydrogen-bond donors (Lipinski definition) is 1. The topological polar surface area (TPSA) is 66.5 Å². The molecule has 6 heteroatoms. The molecule has 1 atom stereocenters. The minimum absolute atomic E-state index is 0.00793. The summed E-state index contributed by atoms with van der Waals surface area (Å²) in [4.78, 5) is 11.9. The van der Waals surface area contributed by atoms with Crippen molar-refractivity contribution in [1.29, 1.82) is 0 Å². The SMILES string of the molecule is CC[C@H](C)NC(=O)CN(C1CCCCC1)S(C)(=O)=O. The van der Waals surface area contributed by atoms with Gasteiger partial charge in [0.15, 0.2) is 0 Å². The first-order valence-corrected chi connectivity index (χ1v) is 8.95. The predicted octanol–water partition coefficient (Wildman–Crippen LogP) is 1.50. The average molecular weight is 290 g/mol. The molecule has 0 aromatic carbocycles. The lowest BCUT2D eigenvalue weighted by molar-refractivity contribution is -0.122. The van der Waals surface area contributed by atoms with Crippen LogP contribution in [0.4, 0.5) is 0 Å². The number of hydrogen-bond acceptors (Lipinski definition) is 3. The van der Waals surface area contributed by atoms with Crippen LogP contribution in [0, 0.1) is 0 Å². The summed E-state index contributed by atoms with van der Waals surface area (Å²) in [6, 6.07) is 0.0756. The first-order valence-electron chi connectivity index (χ1n) is 7.10. The molecule has 1 amide bonds. The highest BCUT2D eigenvalue weighted by molar-refractivity contribution is 7.88. The molecule has 19 heavy (non-hydrogen) atoms. The maximum Gasteiger partial charge on any atom is 0.235 e. The number of rotatable bonds is 6. The van der Waals surface area contributed by atoms with Crippen molar-refractivity contribution in [3.05, 3.63) is 0 Å². The van der Waals surface area contributed by atoms with E-state index < -0.39 is 10.0 Å². The molecule has 0 bridgehead atoms. The van der Waals surface area contributed by atoms with Crippen LogP contribution in [0.1, 0.15) is 52.4 Å². The fourth-order valence-electron chi connectivity index (χ4n) is 2.45. The minimum atomic E-state index is -3.33. The van der Waals surface area contributed by atoms with Crippen LogP contribution in [-0.4, -0.2) is 43.5 Å². The van der Waals surface area contributed by atoms with Crippen LogP contribution in [-0.2, 0) is 14.8 Å². The van der Waals surface area contributed by atoms with Gasteiger partial charge >= 0.3 is 0 Å². The van der Waals surface area contributed by atoms with Gasteiger partial charge in [0.1, 0.15) is 0 Å². The lowest BCUT2D eigenvalue weighted by atomic mass is 9.95. The van der Waals surface area contributed by atoms with Gasteiger partial charge in [-0.2, -0.15) is 4.31 Å². The molecule has 1 rings (SSSR count). The van der Waals surface area contributed by atoms with Gasteiger partial charge in [-0.3, -0.25) is 4.79 Å². The van der Waals surface area contributed by atoms with Gasteiger partial charge in [-0.15, -0.1) is 0 Å². The maximum atomic E-state index is 11.9. The summed E-state index contributed by atoms with van der Waals surface area (Å²) in [5, 5.41) is 2.83. The third kappa shape index (κ3) is 5.48. The number of carbonyl (C=O) groups is 1. The number of nitrogens with zero attached hydrogens (tertiary/aromatic N) is 1. The van der Waals surface area contributed by atoms with E-state index in [1.807, 2.05) is 13.8 Å². The van der Waals surface area contributed by atoms with Gasteiger partial charge in [-0.1, -0.05) is 26.2 Å². The van der Waals surface area contributed by atoms with Crippen LogP contribution < -0.4 is 5.32 Å². The summed E-state index contributed by atoms with van der Waals surface area (Å²) in [5.74, 6) is -0.203. The molecule has 0 unspecified atom stereocenters. The molecule has 0 aromatic rings. The molecule has 112 valence electrons. The van der Waals surface area contributed by atoms with Crippen molar-refractivity contribution in [3.63, 3.8) is 0 Å².